The Hall–Kier alpha value is -2.55. The summed E-state index contributed by atoms with van der Waals surface area (Å²) in [6.07, 6.45) is -5.06. The van der Waals surface area contributed by atoms with Gasteiger partial charge in [-0.1, -0.05) is 35.0 Å². The van der Waals surface area contributed by atoms with Crippen molar-refractivity contribution in [2.75, 3.05) is 7.11 Å². The number of methoxy groups -OCH3 is 1. The summed E-state index contributed by atoms with van der Waals surface area (Å²) < 4.78 is 70.2. The minimum Gasteiger partial charge on any atom is -0.495 e. The van der Waals surface area contributed by atoms with Gasteiger partial charge < -0.3 is 9.94 Å². The molecule has 0 saturated carbocycles. The van der Waals surface area contributed by atoms with E-state index in [1.807, 2.05) is 0 Å². The van der Waals surface area contributed by atoms with E-state index in [-0.39, 0.29) is 10.6 Å². The van der Waals surface area contributed by atoms with Gasteiger partial charge in [0.15, 0.2) is 5.71 Å². The van der Waals surface area contributed by atoms with Crippen LogP contribution in [0.5, 0.6) is 5.75 Å². The van der Waals surface area contributed by atoms with E-state index >= 15 is 0 Å². The maximum absolute atomic E-state index is 13.1. The normalized spacial score (nSPS) is 12.9. The number of hydrogen-bond donors (Lipinski definition) is 1. The molecule has 0 amide bonds. The summed E-state index contributed by atoms with van der Waals surface area (Å²) in [6.45, 7) is 1.74. The molecular formula is C16H14F3NO4S. The van der Waals surface area contributed by atoms with E-state index in [1.54, 1.807) is 6.92 Å². The number of halogens is 3. The first-order valence-electron chi connectivity index (χ1n) is 6.91. The summed E-state index contributed by atoms with van der Waals surface area (Å²) >= 11 is 0. The van der Waals surface area contributed by atoms with Crippen LogP contribution in [0.4, 0.5) is 13.2 Å². The summed E-state index contributed by atoms with van der Waals surface area (Å²) in [6, 6.07) is 8.91. The molecule has 25 heavy (non-hydrogen) atoms. The Balaban J connectivity index is 2.82. The van der Waals surface area contributed by atoms with Crippen LogP contribution < -0.4 is 4.74 Å². The predicted molar refractivity (Wildman–Crippen MR) is 84.0 cm³/mol. The Morgan fingerprint density at radius 1 is 1.12 bits per heavy atom. The third kappa shape index (κ3) is 3.60. The van der Waals surface area contributed by atoms with Gasteiger partial charge in [-0.25, -0.2) is 8.42 Å². The van der Waals surface area contributed by atoms with Gasteiger partial charge in [0.1, 0.15) is 10.6 Å². The van der Waals surface area contributed by atoms with Gasteiger partial charge in [-0.15, -0.1) is 0 Å². The monoisotopic (exact) mass is 373 g/mol. The summed E-state index contributed by atoms with van der Waals surface area (Å²) in [4.78, 5) is -0.921. The predicted octanol–water partition coefficient (Wildman–Crippen LogP) is 3.58. The van der Waals surface area contributed by atoms with E-state index in [9.17, 15) is 21.6 Å². The van der Waals surface area contributed by atoms with E-state index < -0.39 is 32.2 Å². The number of oxime groups is 1. The second-order valence-corrected chi connectivity index (χ2v) is 6.99. The van der Waals surface area contributed by atoms with Crippen molar-refractivity contribution in [3.63, 3.8) is 0 Å². The molecule has 0 fully saturated rings. The molecule has 0 aliphatic carbocycles. The molecule has 0 aliphatic rings. The molecule has 5 nitrogen and oxygen atoms in total. The minimum atomic E-state index is -5.06. The number of alkyl halides is 3. The second kappa shape index (κ2) is 6.75. The Bertz CT molecular complexity index is 904. The summed E-state index contributed by atoms with van der Waals surface area (Å²) in [5, 5.41) is 11.1. The number of aryl methyl sites for hydroxylation is 1. The zero-order chi connectivity index (χ0) is 18.8. The number of sulfone groups is 1. The molecule has 134 valence electrons. The molecule has 9 heteroatoms. The largest absolute Gasteiger partial charge is 0.495 e. The van der Waals surface area contributed by atoms with E-state index in [4.69, 9.17) is 9.94 Å². The molecule has 2 aromatic carbocycles. The highest BCUT2D eigenvalue weighted by Crippen LogP contribution is 2.36. The number of hydrogen-bond acceptors (Lipinski definition) is 5. The highest BCUT2D eigenvalue weighted by atomic mass is 32.2. The lowest BCUT2D eigenvalue weighted by atomic mass is 10.1. The maximum atomic E-state index is 13.1. The van der Waals surface area contributed by atoms with E-state index in [0.717, 1.165) is 18.7 Å². The van der Waals surface area contributed by atoms with Crippen molar-refractivity contribution in [3.05, 3.63) is 53.6 Å². The van der Waals surface area contributed by atoms with E-state index in [2.05, 4.69) is 5.16 Å². The fourth-order valence-corrected chi connectivity index (χ4v) is 3.84. The molecule has 0 bridgehead atoms. The van der Waals surface area contributed by atoms with E-state index in [1.165, 1.54) is 36.4 Å². The van der Waals surface area contributed by atoms with Crippen molar-refractivity contribution in [1.29, 1.82) is 0 Å². The fourth-order valence-electron chi connectivity index (χ4n) is 2.24. The van der Waals surface area contributed by atoms with Gasteiger partial charge in [0.25, 0.3) is 0 Å². The van der Waals surface area contributed by atoms with Crippen molar-refractivity contribution in [1.82, 2.24) is 0 Å². The molecule has 0 radical (unpaired) electrons. The van der Waals surface area contributed by atoms with Crippen LogP contribution in [-0.2, 0) is 9.84 Å². The van der Waals surface area contributed by atoms with Crippen molar-refractivity contribution < 1.29 is 31.5 Å². The van der Waals surface area contributed by atoms with Crippen molar-refractivity contribution in [2.24, 2.45) is 5.16 Å². The Morgan fingerprint density at radius 3 is 2.20 bits per heavy atom. The van der Waals surface area contributed by atoms with Crippen LogP contribution in [0.3, 0.4) is 0 Å². The Kier molecular flexibility index (Phi) is 5.07. The molecule has 0 aromatic heterocycles. The molecule has 2 aromatic rings. The average Bonchev–Trinajstić information content (AvgIpc) is 2.54. The van der Waals surface area contributed by atoms with Gasteiger partial charge in [0, 0.05) is 5.56 Å². The van der Waals surface area contributed by atoms with Crippen molar-refractivity contribution in [2.45, 2.75) is 22.9 Å². The lowest BCUT2D eigenvalue weighted by molar-refractivity contribution is -0.0602. The third-order valence-electron chi connectivity index (χ3n) is 3.42. The summed E-state index contributed by atoms with van der Waals surface area (Å²) in [5.74, 6) is -0.288. The number of rotatable bonds is 4. The van der Waals surface area contributed by atoms with Crippen molar-refractivity contribution >= 4 is 15.5 Å². The first kappa shape index (κ1) is 18.8. The van der Waals surface area contributed by atoms with Crippen LogP contribution in [0.25, 0.3) is 0 Å². The molecule has 0 heterocycles. The molecule has 2 rings (SSSR count). The van der Waals surface area contributed by atoms with Crippen LogP contribution in [0, 0.1) is 6.92 Å². The molecule has 1 N–H and O–H groups in total. The average molecular weight is 373 g/mol. The first-order chi connectivity index (χ1) is 11.6. The number of ether oxygens (including phenoxy) is 1. The van der Waals surface area contributed by atoms with Gasteiger partial charge in [-0.05, 0) is 25.1 Å². The van der Waals surface area contributed by atoms with Crippen LogP contribution in [0.15, 0.2) is 57.4 Å². The molecule has 0 saturated heterocycles. The third-order valence-corrected chi connectivity index (χ3v) is 5.27. The number of nitrogens with zero attached hydrogens (tertiary/aromatic N) is 1. The van der Waals surface area contributed by atoms with Crippen LogP contribution in [0.2, 0.25) is 0 Å². The van der Waals surface area contributed by atoms with Gasteiger partial charge in [0.05, 0.1) is 12.0 Å². The van der Waals surface area contributed by atoms with Gasteiger partial charge >= 0.3 is 6.18 Å². The zero-order valence-electron chi connectivity index (χ0n) is 13.2. The summed E-state index contributed by atoms with van der Waals surface area (Å²) in [7, 11) is -3.23. The molecule has 0 aliphatic heterocycles. The van der Waals surface area contributed by atoms with Crippen LogP contribution in [0.1, 0.15) is 11.1 Å². The fraction of sp³-hybridized carbons (Fsp3) is 0.188. The summed E-state index contributed by atoms with van der Waals surface area (Å²) in [5.41, 5.74) is -1.74. The van der Waals surface area contributed by atoms with Gasteiger partial charge in [-0.3, -0.25) is 0 Å². The lowest BCUT2D eigenvalue weighted by Gasteiger charge is -2.16. The van der Waals surface area contributed by atoms with Crippen LogP contribution >= 0.6 is 0 Å². The lowest BCUT2D eigenvalue weighted by Crippen LogP contribution is -2.26. The topological polar surface area (TPSA) is 76.0 Å². The van der Waals surface area contributed by atoms with Gasteiger partial charge in [0.2, 0.25) is 9.84 Å². The van der Waals surface area contributed by atoms with Crippen molar-refractivity contribution in [3.8, 4) is 5.75 Å². The first-order valence-corrected chi connectivity index (χ1v) is 8.39. The SMILES string of the molecule is COc1cccc(C(=NO)C(F)(F)F)c1S(=O)(=O)c1ccc(C)cc1. The molecule has 0 spiro atoms. The van der Waals surface area contributed by atoms with Crippen LogP contribution in [-0.4, -0.2) is 32.6 Å². The van der Waals surface area contributed by atoms with Gasteiger partial charge in [-0.2, -0.15) is 13.2 Å². The Labute approximate surface area is 142 Å². The maximum Gasteiger partial charge on any atom is 0.437 e. The standard InChI is InChI=1S/C16H14F3NO4S/c1-10-6-8-11(9-7-10)25(22,23)14-12(4-3-5-13(14)24-2)15(20-21)16(17,18)19/h3-9,21H,1-2H3. The minimum absolute atomic E-state index is 0.205. The molecular weight excluding hydrogens is 359 g/mol. The molecule has 0 atom stereocenters. The smallest absolute Gasteiger partial charge is 0.437 e. The molecule has 0 unspecified atom stereocenters. The quantitative estimate of drug-likeness (QED) is 0.505. The van der Waals surface area contributed by atoms with E-state index in [0.29, 0.717) is 0 Å². The highest BCUT2D eigenvalue weighted by Gasteiger charge is 2.41. The zero-order valence-corrected chi connectivity index (χ0v) is 14.0. The highest BCUT2D eigenvalue weighted by molar-refractivity contribution is 7.91. The number of benzene rings is 2. The second-order valence-electron chi connectivity index (χ2n) is 5.10. The Morgan fingerprint density at radius 2 is 1.72 bits per heavy atom.